The number of hydrogen-bond acceptors (Lipinski definition) is 3. The second-order valence-corrected chi connectivity index (χ2v) is 1.09. The van der Waals surface area contributed by atoms with Gasteiger partial charge in [-0.3, -0.25) is 12.6 Å². The summed E-state index contributed by atoms with van der Waals surface area (Å²) in [6, 6.07) is 0. The standard InChI is InChI=1S/BCl3O3.Cs.H/c2-5-1(6-3)7-4;;. The SMILES string of the molecule is ClOB(OCl)OCl.[CsH]. The number of rotatable bonds is 3. The van der Waals surface area contributed by atoms with Crippen LogP contribution >= 0.6 is 35.6 Å². The molecule has 0 aliphatic carbocycles. The van der Waals surface area contributed by atoms with Gasteiger partial charge in [0, 0.05) is 35.6 Å². The normalized spacial score (nSPS) is 7.88. The van der Waals surface area contributed by atoms with E-state index in [9.17, 15) is 0 Å². The number of halogens is 3. The van der Waals surface area contributed by atoms with Gasteiger partial charge in [0.25, 0.3) is 0 Å². The van der Waals surface area contributed by atoms with Gasteiger partial charge in [0.2, 0.25) is 0 Å². The van der Waals surface area contributed by atoms with Crippen LogP contribution in [0.15, 0.2) is 0 Å². The fraction of sp³-hybridized carbons (Fsp3) is 0. The molecule has 0 spiro atoms. The van der Waals surface area contributed by atoms with Crippen molar-refractivity contribution in [1.82, 2.24) is 0 Å². The van der Waals surface area contributed by atoms with Crippen LogP contribution < -0.4 is 0 Å². The van der Waals surface area contributed by atoms with Crippen molar-refractivity contribution in [2.75, 3.05) is 0 Å². The molecule has 0 atom stereocenters. The van der Waals surface area contributed by atoms with Gasteiger partial charge in [-0.15, -0.1) is 0 Å². The summed E-state index contributed by atoms with van der Waals surface area (Å²) in [4.78, 5) is 0. The molecule has 0 N–H and O–H groups in total. The first-order valence-electron chi connectivity index (χ1n) is 1.17. The van der Waals surface area contributed by atoms with Crippen LogP contribution in [0, 0.1) is 0 Å². The minimum atomic E-state index is -1.22. The van der Waals surface area contributed by atoms with Crippen molar-refractivity contribution in [2.45, 2.75) is 0 Å². The predicted octanol–water partition coefficient (Wildman–Crippen LogP) is 0.834. The van der Waals surface area contributed by atoms with E-state index >= 15 is 0 Å². The molecule has 0 bridgehead atoms. The van der Waals surface area contributed by atoms with Crippen LogP contribution in [-0.2, 0) is 12.6 Å². The first-order valence-corrected chi connectivity index (χ1v) is 2.10. The van der Waals surface area contributed by atoms with E-state index in [4.69, 9.17) is 0 Å². The summed E-state index contributed by atoms with van der Waals surface area (Å²) in [5.74, 6) is 0. The molecule has 0 aromatic rings. The Morgan fingerprint density at radius 2 is 1.12 bits per heavy atom. The molecule has 0 rings (SSSR count). The zero-order valence-electron chi connectivity index (χ0n) is 2.94. The minimum absolute atomic E-state index is 0. The molecule has 0 saturated heterocycles. The third-order valence-corrected chi connectivity index (χ3v) is 0.655. The van der Waals surface area contributed by atoms with Crippen LogP contribution in [0.5, 0.6) is 0 Å². The Hall–Kier alpha value is 2.87. The third-order valence-electron chi connectivity index (χ3n) is 0.218. The summed E-state index contributed by atoms with van der Waals surface area (Å²) in [7, 11) is -1.22. The van der Waals surface area contributed by atoms with Crippen LogP contribution in [-0.4, -0.2) is 76.2 Å². The van der Waals surface area contributed by atoms with E-state index in [2.05, 4.69) is 48.2 Å². The molecule has 0 aliphatic heterocycles. The van der Waals surface area contributed by atoms with Gasteiger partial charge in [-0.05, 0) is 0 Å². The zero-order chi connectivity index (χ0) is 5.70. The van der Waals surface area contributed by atoms with Crippen molar-refractivity contribution in [3.63, 3.8) is 0 Å². The predicted molar refractivity (Wildman–Crippen MR) is 33.7 cm³/mol. The van der Waals surface area contributed by atoms with E-state index in [1.807, 2.05) is 0 Å². The summed E-state index contributed by atoms with van der Waals surface area (Å²) in [5.41, 5.74) is 0. The Bertz CT molecular complexity index is 36.0. The number of hydrogen-bond donors (Lipinski definition) is 0. The molecule has 0 aromatic heterocycles. The van der Waals surface area contributed by atoms with Crippen LogP contribution in [0.3, 0.4) is 0 Å². The van der Waals surface area contributed by atoms with Crippen molar-refractivity contribution in [3.8, 4) is 0 Å². The second kappa shape index (κ2) is 9.87. The Morgan fingerprint density at radius 3 is 1.12 bits per heavy atom. The average molecular weight is 299 g/mol. The fourth-order valence-electron chi connectivity index (χ4n) is 0.0412. The Kier molecular flexibility index (Phi) is 16.6. The van der Waals surface area contributed by atoms with E-state index in [0.29, 0.717) is 0 Å². The first-order chi connectivity index (χ1) is 3.35. The Balaban J connectivity index is 0. The molecular formula is HBCl3CsO3. The van der Waals surface area contributed by atoms with Gasteiger partial charge in [-0.25, -0.2) is 0 Å². The van der Waals surface area contributed by atoms with Crippen LogP contribution in [0.1, 0.15) is 0 Å². The van der Waals surface area contributed by atoms with Crippen molar-refractivity contribution < 1.29 is 12.6 Å². The molecule has 0 radical (unpaired) electrons. The topological polar surface area (TPSA) is 27.7 Å². The molecule has 0 unspecified atom stereocenters. The van der Waals surface area contributed by atoms with Crippen LogP contribution in [0.25, 0.3) is 0 Å². The van der Waals surface area contributed by atoms with Crippen molar-refractivity contribution in [1.29, 1.82) is 0 Å². The van der Waals surface area contributed by atoms with Gasteiger partial charge >= 0.3 is 76.2 Å². The van der Waals surface area contributed by atoms with Crippen LogP contribution in [0.4, 0.5) is 0 Å². The van der Waals surface area contributed by atoms with E-state index < -0.39 is 7.32 Å². The van der Waals surface area contributed by atoms with Gasteiger partial charge in [0.1, 0.15) is 0 Å². The summed E-state index contributed by atoms with van der Waals surface area (Å²) in [6.45, 7) is 0. The molecule has 3 nitrogen and oxygen atoms in total. The van der Waals surface area contributed by atoms with Crippen molar-refractivity contribution >= 4 is 112 Å². The van der Waals surface area contributed by atoms with Crippen molar-refractivity contribution in [2.24, 2.45) is 0 Å². The van der Waals surface area contributed by atoms with Gasteiger partial charge in [0.15, 0.2) is 0 Å². The summed E-state index contributed by atoms with van der Waals surface area (Å²) >= 11 is 13.9. The van der Waals surface area contributed by atoms with E-state index in [1.165, 1.54) is 0 Å². The molecule has 0 aromatic carbocycles. The Labute approximate surface area is 121 Å². The van der Waals surface area contributed by atoms with Gasteiger partial charge in [0.05, 0.1) is 0 Å². The summed E-state index contributed by atoms with van der Waals surface area (Å²) in [6.07, 6.45) is 0. The molecule has 44 valence electrons. The molecule has 8 heavy (non-hydrogen) atoms. The molecule has 8 heteroatoms. The molecule has 0 saturated carbocycles. The van der Waals surface area contributed by atoms with E-state index in [-0.39, 0.29) is 68.9 Å². The second-order valence-electron chi connectivity index (χ2n) is 0.556. The quantitative estimate of drug-likeness (QED) is 0.723. The average Bonchev–Trinajstić information content (AvgIpc) is 1.72. The molecule has 0 amide bonds. The Morgan fingerprint density at radius 1 is 0.875 bits per heavy atom. The zero-order valence-corrected chi connectivity index (χ0v) is 5.20. The van der Waals surface area contributed by atoms with E-state index in [0.717, 1.165) is 0 Å². The maximum absolute atomic E-state index is 4.65. The molecule has 0 heterocycles. The summed E-state index contributed by atoms with van der Waals surface area (Å²) in [5, 5.41) is 0. The molecular weight excluding hydrogens is 298 g/mol. The summed E-state index contributed by atoms with van der Waals surface area (Å²) < 4.78 is 11.4. The third kappa shape index (κ3) is 6.98. The van der Waals surface area contributed by atoms with Crippen molar-refractivity contribution in [3.05, 3.63) is 0 Å². The molecule has 0 aliphatic rings. The monoisotopic (exact) mass is 298 g/mol. The maximum atomic E-state index is 4.65. The van der Waals surface area contributed by atoms with Gasteiger partial charge in [-0.2, -0.15) is 0 Å². The van der Waals surface area contributed by atoms with Crippen LogP contribution in [0.2, 0.25) is 0 Å². The first kappa shape index (κ1) is 13.5. The van der Waals surface area contributed by atoms with Gasteiger partial charge < -0.3 is 0 Å². The van der Waals surface area contributed by atoms with E-state index in [1.54, 1.807) is 0 Å². The molecule has 0 fully saturated rings. The van der Waals surface area contributed by atoms with Gasteiger partial charge in [-0.1, -0.05) is 0 Å². The fourth-order valence-corrected chi connectivity index (χ4v) is 0.371.